The van der Waals surface area contributed by atoms with Gasteiger partial charge in [0.15, 0.2) is 5.65 Å². The number of ether oxygens (including phenoxy) is 1. The molecule has 2 aromatic carbocycles. The highest BCUT2D eigenvalue weighted by Crippen LogP contribution is 2.30. The number of aromatic nitrogens is 4. The van der Waals surface area contributed by atoms with Crippen molar-refractivity contribution in [1.29, 1.82) is 0 Å². The van der Waals surface area contributed by atoms with Gasteiger partial charge in [-0.1, -0.05) is 12.1 Å². The van der Waals surface area contributed by atoms with Gasteiger partial charge in [-0.05, 0) is 42.8 Å². The minimum atomic E-state index is -0.332. The van der Waals surface area contributed by atoms with Crippen LogP contribution in [0.2, 0.25) is 0 Å². The fourth-order valence-corrected chi connectivity index (χ4v) is 2.82. The molecule has 4 aromatic rings. The second kappa shape index (κ2) is 5.98. The number of nitrogens with one attached hydrogen (secondary N) is 1. The molecule has 0 bridgehead atoms. The van der Waals surface area contributed by atoms with Crippen LogP contribution in [0.4, 0.5) is 4.39 Å². The Morgan fingerprint density at radius 2 is 1.92 bits per heavy atom. The average molecular weight is 334 g/mol. The standard InChI is InChI=1S/C19H15FN4O/c1-11-9-12(25-2)7-8-13(11)17-18-19(24-23-17)21-10-16(22-18)14-5-3-4-6-15(14)20/h3-10H,1-2H3,(H,21,23,24). The SMILES string of the molecule is COc1ccc(-c2[nH]nc3ncc(-c4ccccc4F)nc23)c(C)c1. The van der Waals surface area contributed by atoms with Crippen LogP contribution in [0.5, 0.6) is 5.75 Å². The zero-order chi connectivity index (χ0) is 17.4. The molecule has 0 unspecified atom stereocenters. The summed E-state index contributed by atoms with van der Waals surface area (Å²) in [7, 11) is 1.63. The van der Waals surface area contributed by atoms with Crippen LogP contribution in [0.15, 0.2) is 48.7 Å². The third-order valence-corrected chi connectivity index (χ3v) is 4.12. The molecule has 5 nitrogen and oxygen atoms in total. The molecule has 0 aliphatic heterocycles. The van der Waals surface area contributed by atoms with Gasteiger partial charge in [-0.25, -0.2) is 14.4 Å². The smallest absolute Gasteiger partial charge is 0.200 e. The van der Waals surface area contributed by atoms with Crippen molar-refractivity contribution in [2.24, 2.45) is 0 Å². The second-order valence-corrected chi connectivity index (χ2v) is 5.69. The molecule has 0 saturated carbocycles. The van der Waals surface area contributed by atoms with E-state index in [1.807, 2.05) is 25.1 Å². The molecule has 124 valence electrons. The van der Waals surface area contributed by atoms with E-state index in [1.54, 1.807) is 25.3 Å². The number of benzene rings is 2. The van der Waals surface area contributed by atoms with Crippen molar-refractivity contribution >= 4 is 11.2 Å². The van der Waals surface area contributed by atoms with Crippen molar-refractivity contribution < 1.29 is 9.13 Å². The molecule has 0 fully saturated rings. The topological polar surface area (TPSA) is 63.7 Å². The van der Waals surface area contributed by atoms with Gasteiger partial charge in [0.2, 0.25) is 0 Å². The van der Waals surface area contributed by atoms with E-state index in [0.29, 0.717) is 22.4 Å². The lowest BCUT2D eigenvalue weighted by Crippen LogP contribution is -1.92. The summed E-state index contributed by atoms with van der Waals surface area (Å²) < 4.78 is 19.3. The van der Waals surface area contributed by atoms with Crippen molar-refractivity contribution in [3.63, 3.8) is 0 Å². The third kappa shape index (κ3) is 2.61. The molecule has 0 aliphatic rings. The fourth-order valence-electron chi connectivity index (χ4n) is 2.82. The van der Waals surface area contributed by atoms with Crippen molar-refractivity contribution in [2.75, 3.05) is 7.11 Å². The van der Waals surface area contributed by atoms with E-state index in [0.717, 1.165) is 22.6 Å². The number of fused-ring (bicyclic) bond motifs is 1. The van der Waals surface area contributed by atoms with Gasteiger partial charge < -0.3 is 4.74 Å². The molecule has 0 radical (unpaired) electrons. The number of aromatic amines is 1. The van der Waals surface area contributed by atoms with Crippen molar-refractivity contribution in [2.45, 2.75) is 6.92 Å². The first-order chi connectivity index (χ1) is 12.2. The minimum absolute atomic E-state index is 0.332. The number of aryl methyl sites for hydroxylation is 1. The predicted octanol–water partition coefficient (Wildman–Crippen LogP) is 4.14. The largest absolute Gasteiger partial charge is 0.497 e. The summed E-state index contributed by atoms with van der Waals surface area (Å²) in [5.41, 5.74) is 4.70. The average Bonchev–Trinajstić information content (AvgIpc) is 3.05. The number of hydrogen-bond acceptors (Lipinski definition) is 4. The van der Waals surface area contributed by atoms with Crippen LogP contribution in [-0.4, -0.2) is 27.3 Å². The van der Waals surface area contributed by atoms with Crippen LogP contribution in [0.1, 0.15) is 5.56 Å². The Balaban J connectivity index is 1.89. The van der Waals surface area contributed by atoms with Crippen LogP contribution in [0, 0.1) is 12.7 Å². The predicted molar refractivity (Wildman–Crippen MR) is 93.8 cm³/mol. The third-order valence-electron chi connectivity index (χ3n) is 4.12. The summed E-state index contributed by atoms with van der Waals surface area (Å²) in [6, 6.07) is 12.3. The summed E-state index contributed by atoms with van der Waals surface area (Å²) in [5, 5.41) is 7.20. The first-order valence-corrected chi connectivity index (χ1v) is 7.78. The van der Waals surface area contributed by atoms with Gasteiger partial charge in [0.25, 0.3) is 0 Å². The number of H-pyrrole nitrogens is 1. The van der Waals surface area contributed by atoms with Gasteiger partial charge in [-0.2, -0.15) is 5.10 Å². The molecule has 6 heteroatoms. The molecular weight excluding hydrogens is 319 g/mol. The molecule has 0 aliphatic carbocycles. The van der Waals surface area contributed by atoms with Gasteiger partial charge in [0.05, 0.1) is 24.7 Å². The molecule has 2 heterocycles. The van der Waals surface area contributed by atoms with Gasteiger partial charge in [-0.15, -0.1) is 0 Å². The van der Waals surface area contributed by atoms with E-state index in [9.17, 15) is 4.39 Å². The van der Waals surface area contributed by atoms with Crippen LogP contribution >= 0.6 is 0 Å². The Morgan fingerprint density at radius 1 is 1.08 bits per heavy atom. The zero-order valence-corrected chi connectivity index (χ0v) is 13.7. The van der Waals surface area contributed by atoms with E-state index in [1.165, 1.54) is 12.3 Å². The van der Waals surface area contributed by atoms with Crippen molar-refractivity contribution in [3.8, 4) is 28.3 Å². The number of nitrogens with zero attached hydrogens (tertiary/aromatic N) is 3. The zero-order valence-electron chi connectivity index (χ0n) is 13.7. The van der Waals surface area contributed by atoms with E-state index in [-0.39, 0.29) is 5.82 Å². The Bertz CT molecular complexity index is 1070. The lowest BCUT2D eigenvalue weighted by molar-refractivity contribution is 0.414. The first-order valence-electron chi connectivity index (χ1n) is 7.78. The summed E-state index contributed by atoms with van der Waals surface area (Å²) >= 11 is 0. The highest BCUT2D eigenvalue weighted by molar-refractivity contribution is 5.89. The monoisotopic (exact) mass is 334 g/mol. The lowest BCUT2D eigenvalue weighted by Gasteiger charge is -2.07. The molecule has 4 rings (SSSR count). The molecule has 2 aromatic heterocycles. The van der Waals surface area contributed by atoms with E-state index < -0.39 is 0 Å². The van der Waals surface area contributed by atoms with Gasteiger partial charge in [0.1, 0.15) is 17.1 Å². The fraction of sp³-hybridized carbons (Fsp3) is 0.105. The number of rotatable bonds is 3. The Kier molecular flexibility index (Phi) is 3.65. The highest BCUT2D eigenvalue weighted by atomic mass is 19.1. The molecule has 1 N–H and O–H groups in total. The normalized spacial score (nSPS) is 11.0. The van der Waals surface area contributed by atoms with E-state index >= 15 is 0 Å². The summed E-state index contributed by atoms with van der Waals surface area (Å²) in [5.74, 6) is 0.449. The Morgan fingerprint density at radius 3 is 2.68 bits per heavy atom. The quantitative estimate of drug-likeness (QED) is 0.611. The maximum absolute atomic E-state index is 14.1. The summed E-state index contributed by atoms with van der Waals surface area (Å²) in [6.45, 7) is 1.98. The van der Waals surface area contributed by atoms with Gasteiger partial charge in [0, 0.05) is 11.1 Å². The van der Waals surface area contributed by atoms with Crippen LogP contribution in [0.3, 0.4) is 0 Å². The molecule has 25 heavy (non-hydrogen) atoms. The molecular formula is C19H15FN4O. The molecule has 0 atom stereocenters. The number of halogens is 1. The number of hydrogen-bond donors (Lipinski definition) is 1. The highest BCUT2D eigenvalue weighted by Gasteiger charge is 2.15. The molecule has 0 amide bonds. The minimum Gasteiger partial charge on any atom is -0.497 e. The summed E-state index contributed by atoms with van der Waals surface area (Å²) in [6.07, 6.45) is 1.53. The number of methoxy groups -OCH3 is 1. The van der Waals surface area contributed by atoms with Gasteiger partial charge in [-0.3, -0.25) is 5.10 Å². The second-order valence-electron chi connectivity index (χ2n) is 5.69. The summed E-state index contributed by atoms with van der Waals surface area (Å²) in [4.78, 5) is 8.91. The Labute approximate surface area is 143 Å². The van der Waals surface area contributed by atoms with Crippen molar-refractivity contribution in [3.05, 3.63) is 60.0 Å². The van der Waals surface area contributed by atoms with Gasteiger partial charge >= 0.3 is 0 Å². The van der Waals surface area contributed by atoms with Crippen LogP contribution in [-0.2, 0) is 0 Å². The van der Waals surface area contributed by atoms with Crippen LogP contribution in [0.25, 0.3) is 33.7 Å². The van der Waals surface area contributed by atoms with E-state index in [2.05, 4.69) is 20.2 Å². The maximum atomic E-state index is 14.1. The maximum Gasteiger partial charge on any atom is 0.200 e. The van der Waals surface area contributed by atoms with Crippen LogP contribution < -0.4 is 4.74 Å². The first kappa shape index (κ1) is 15.3. The van der Waals surface area contributed by atoms with Crippen molar-refractivity contribution in [1.82, 2.24) is 20.2 Å². The molecule has 0 spiro atoms. The Hall–Kier alpha value is -3.28. The lowest BCUT2D eigenvalue weighted by atomic mass is 10.0. The van der Waals surface area contributed by atoms with E-state index in [4.69, 9.17) is 4.74 Å². The molecule has 0 saturated heterocycles.